The fourth-order valence-electron chi connectivity index (χ4n) is 2.41. The van der Waals surface area contributed by atoms with Crippen LogP contribution in [0.3, 0.4) is 0 Å². The molecule has 1 aliphatic heterocycles. The van der Waals surface area contributed by atoms with Crippen LogP contribution in [0.1, 0.15) is 18.4 Å². The topological polar surface area (TPSA) is 72.4 Å². The zero-order valence-electron chi connectivity index (χ0n) is 10.4. The zero-order valence-corrected chi connectivity index (χ0v) is 12.8. The molecule has 1 heterocycles. The summed E-state index contributed by atoms with van der Waals surface area (Å²) >= 11 is 8.51. The molecule has 4 N–H and O–H groups in total. The van der Waals surface area contributed by atoms with Crippen LogP contribution in [0, 0.1) is 5.92 Å². The Hall–Kier alpha value is -1.14. The highest BCUT2D eigenvalue weighted by atomic mass is 79.9. The first-order valence-electron chi connectivity index (χ1n) is 6.12. The minimum Gasteiger partial charge on any atom is -0.389 e. The first kappa shape index (κ1) is 14.3. The molecule has 6 heteroatoms. The molecular weight excluding hydrogens is 326 g/mol. The van der Waals surface area contributed by atoms with Gasteiger partial charge in [0.1, 0.15) is 4.99 Å². The maximum Gasteiger partial charge on any atom is 0.222 e. The van der Waals surface area contributed by atoms with Crippen molar-refractivity contribution in [2.75, 3.05) is 18.0 Å². The molecule has 0 aliphatic carbocycles. The summed E-state index contributed by atoms with van der Waals surface area (Å²) in [6.07, 6.45) is 1.80. The van der Waals surface area contributed by atoms with E-state index in [9.17, 15) is 4.79 Å². The Morgan fingerprint density at radius 1 is 1.42 bits per heavy atom. The number of thiocarbonyl (C=S) groups is 1. The largest absolute Gasteiger partial charge is 0.389 e. The number of halogens is 1. The van der Waals surface area contributed by atoms with Crippen LogP contribution in [-0.4, -0.2) is 24.0 Å². The summed E-state index contributed by atoms with van der Waals surface area (Å²) in [5, 5.41) is 0. The van der Waals surface area contributed by atoms with Gasteiger partial charge in [-0.25, -0.2) is 0 Å². The Bertz CT molecular complexity index is 521. The number of nitrogens with zero attached hydrogens (tertiary/aromatic N) is 1. The highest BCUT2D eigenvalue weighted by molar-refractivity contribution is 9.10. The smallest absolute Gasteiger partial charge is 0.222 e. The van der Waals surface area contributed by atoms with E-state index in [1.807, 2.05) is 18.2 Å². The van der Waals surface area contributed by atoms with Gasteiger partial charge in [0.25, 0.3) is 0 Å². The molecule has 1 aromatic carbocycles. The molecule has 1 atom stereocenters. The number of anilines is 1. The second-order valence-electron chi connectivity index (χ2n) is 4.71. The summed E-state index contributed by atoms with van der Waals surface area (Å²) in [5.74, 6) is -0.338. The molecule has 0 aromatic heterocycles. The maximum atomic E-state index is 11.3. The van der Waals surface area contributed by atoms with Crippen molar-refractivity contribution in [3.05, 3.63) is 28.2 Å². The van der Waals surface area contributed by atoms with Gasteiger partial charge < -0.3 is 16.4 Å². The van der Waals surface area contributed by atoms with Crippen molar-refractivity contribution in [1.29, 1.82) is 0 Å². The highest BCUT2D eigenvalue weighted by Gasteiger charge is 2.25. The Labute approximate surface area is 126 Å². The Kier molecular flexibility index (Phi) is 4.42. The molecule has 1 saturated heterocycles. The summed E-state index contributed by atoms with van der Waals surface area (Å²) < 4.78 is 0.933. The lowest BCUT2D eigenvalue weighted by atomic mass is 9.96. The number of hydrogen-bond donors (Lipinski definition) is 2. The Morgan fingerprint density at radius 2 is 2.16 bits per heavy atom. The standard InChI is InChI=1S/C13H16BrN3OS/c14-9-3-4-11(10(6-9)13(16)19)17-5-1-2-8(7-17)12(15)18/h3-4,6,8H,1-2,5,7H2,(H2,15,18)(H2,16,19). The third-order valence-electron chi connectivity index (χ3n) is 3.39. The molecule has 0 radical (unpaired) electrons. The van der Waals surface area contributed by atoms with Crippen molar-refractivity contribution in [1.82, 2.24) is 0 Å². The van der Waals surface area contributed by atoms with Gasteiger partial charge in [-0.05, 0) is 31.0 Å². The number of rotatable bonds is 3. The van der Waals surface area contributed by atoms with Gasteiger partial charge >= 0.3 is 0 Å². The van der Waals surface area contributed by atoms with E-state index in [0.717, 1.165) is 35.1 Å². The van der Waals surface area contributed by atoms with E-state index in [1.54, 1.807) is 0 Å². The molecule has 0 bridgehead atoms. The third kappa shape index (κ3) is 3.25. The number of piperidine rings is 1. The second kappa shape index (κ2) is 5.88. The van der Waals surface area contributed by atoms with Gasteiger partial charge in [0.2, 0.25) is 5.91 Å². The van der Waals surface area contributed by atoms with Crippen LogP contribution >= 0.6 is 28.1 Å². The van der Waals surface area contributed by atoms with Gasteiger partial charge in [-0.15, -0.1) is 0 Å². The molecule has 0 spiro atoms. The predicted molar refractivity (Wildman–Crippen MR) is 84.2 cm³/mol. The molecule has 4 nitrogen and oxygen atoms in total. The van der Waals surface area contributed by atoms with E-state index in [4.69, 9.17) is 23.7 Å². The van der Waals surface area contributed by atoms with Crippen LogP contribution in [0.4, 0.5) is 5.69 Å². The molecule has 102 valence electrons. The van der Waals surface area contributed by atoms with Crippen molar-refractivity contribution < 1.29 is 4.79 Å². The van der Waals surface area contributed by atoms with Crippen molar-refractivity contribution in [3.8, 4) is 0 Å². The number of nitrogens with two attached hydrogens (primary N) is 2. The first-order valence-corrected chi connectivity index (χ1v) is 7.33. The van der Waals surface area contributed by atoms with Crippen molar-refractivity contribution in [3.63, 3.8) is 0 Å². The van der Waals surface area contributed by atoms with E-state index in [0.29, 0.717) is 11.5 Å². The maximum absolute atomic E-state index is 11.3. The van der Waals surface area contributed by atoms with E-state index in [1.165, 1.54) is 0 Å². The Morgan fingerprint density at radius 3 is 2.79 bits per heavy atom. The minimum absolute atomic E-state index is 0.100. The number of benzene rings is 1. The number of primary amides is 1. The predicted octanol–water partition coefficient (Wildman–Crippen LogP) is 1.78. The van der Waals surface area contributed by atoms with Gasteiger partial charge in [0.15, 0.2) is 0 Å². The lowest BCUT2D eigenvalue weighted by Crippen LogP contribution is -2.41. The average molecular weight is 342 g/mol. The summed E-state index contributed by atoms with van der Waals surface area (Å²) in [6, 6.07) is 5.83. The minimum atomic E-state index is -0.237. The summed E-state index contributed by atoms with van der Waals surface area (Å²) in [5.41, 5.74) is 13.0. The van der Waals surface area contributed by atoms with Gasteiger partial charge in [-0.2, -0.15) is 0 Å². The molecule has 1 amide bonds. The third-order valence-corrected chi connectivity index (χ3v) is 4.10. The van der Waals surface area contributed by atoms with Crippen molar-refractivity contribution >= 4 is 44.7 Å². The first-order chi connectivity index (χ1) is 8.99. The molecule has 0 saturated carbocycles. The van der Waals surface area contributed by atoms with Crippen LogP contribution < -0.4 is 16.4 Å². The monoisotopic (exact) mass is 341 g/mol. The number of hydrogen-bond acceptors (Lipinski definition) is 3. The molecule has 1 aliphatic rings. The van der Waals surface area contributed by atoms with Crippen LogP contribution in [0.2, 0.25) is 0 Å². The quantitative estimate of drug-likeness (QED) is 0.822. The van der Waals surface area contributed by atoms with Crippen LogP contribution in [0.15, 0.2) is 22.7 Å². The number of amides is 1. The molecule has 1 fully saturated rings. The molecular formula is C13H16BrN3OS. The summed E-state index contributed by atoms with van der Waals surface area (Å²) in [4.78, 5) is 13.8. The fraction of sp³-hybridized carbons (Fsp3) is 0.385. The van der Waals surface area contributed by atoms with Crippen molar-refractivity contribution in [2.45, 2.75) is 12.8 Å². The lowest BCUT2D eigenvalue weighted by Gasteiger charge is -2.34. The van der Waals surface area contributed by atoms with E-state index in [2.05, 4.69) is 20.8 Å². The van der Waals surface area contributed by atoms with Gasteiger partial charge in [0, 0.05) is 28.8 Å². The number of carbonyl (C=O) groups excluding carboxylic acids is 1. The van der Waals surface area contributed by atoms with Gasteiger partial charge in [0.05, 0.1) is 5.92 Å². The van der Waals surface area contributed by atoms with Gasteiger partial charge in [-0.1, -0.05) is 28.1 Å². The SMILES string of the molecule is NC(=O)C1CCCN(c2ccc(Br)cc2C(N)=S)C1. The molecule has 1 unspecified atom stereocenters. The zero-order chi connectivity index (χ0) is 14.0. The summed E-state index contributed by atoms with van der Waals surface area (Å²) in [6.45, 7) is 1.52. The summed E-state index contributed by atoms with van der Waals surface area (Å²) in [7, 11) is 0. The van der Waals surface area contributed by atoms with Crippen molar-refractivity contribution in [2.24, 2.45) is 17.4 Å². The highest BCUT2D eigenvalue weighted by Crippen LogP contribution is 2.28. The van der Waals surface area contributed by atoms with Crippen LogP contribution in [-0.2, 0) is 4.79 Å². The molecule has 2 rings (SSSR count). The fourth-order valence-corrected chi connectivity index (χ4v) is 2.93. The molecule has 19 heavy (non-hydrogen) atoms. The lowest BCUT2D eigenvalue weighted by molar-refractivity contribution is -0.122. The second-order valence-corrected chi connectivity index (χ2v) is 6.07. The van der Waals surface area contributed by atoms with E-state index < -0.39 is 0 Å². The molecule has 1 aromatic rings. The Balaban J connectivity index is 2.30. The van der Waals surface area contributed by atoms with E-state index >= 15 is 0 Å². The van der Waals surface area contributed by atoms with Crippen LogP contribution in [0.25, 0.3) is 0 Å². The average Bonchev–Trinajstić information content (AvgIpc) is 2.38. The van der Waals surface area contributed by atoms with Crippen LogP contribution in [0.5, 0.6) is 0 Å². The normalized spacial score (nSPS) is 19.2. The van der Waals surface area contributed by atoms with Gasteiger partial charge in [-0.3, -0.25) is 4.79 Å². The number of carbonyl (C=O) groups is 1. The van der Waals surface area contributed by atoms with E-state index in [-0.39, 0.29) is 11.8 Å².